The molecule has 1 amide bonds. The second-order valence-corrected chi connectivity index (χ2v) is 5.91. The van der Waals surface area contributed by atoms with Crippen LogP contribution < -0.4 is 9.47 Å². The summed E-state index contributed by atoms with van der Waals surface area (Å²) in [5, 5.41) is 0. The number of benzene rings is 1. The van der Waals surface area contributed by atoms with Crippen LogP contribution in [0.25, 0.3) is 0 Å². The zero-order valence-corrected chi connectivity index (χ0v) is 15.7. The van der Waals surface area contributed by atoms with Crippen LogP contribution in [0.4, 0.5) is 0 Å². The standard InChI is InChI=1S/C19H29NO5/c1-5-24-19(25-6-2)8-10-20-9-7-14-11-16(22-3)17(23-4)12-15(14)13-18(20)21/h11-12,19H,5-10,13H2,1-4H3. The fourth-order valence-corrected chi connectivity index (χ4v) is 3.10. The van der Waals surface area contributed by atoms with Crippen molar-refractivity contribution in [1.29, 1.82) is 0 Å². The van der Waals surface area contributed by atoms with E-state index in [4.69, 9.17) is 18.9 Å². The first-order chi connectivity index (χ1) is 12.1. The smallest absolute Gasteiger partial charge is 0.227 e. The highest BCUT2D eigenvalue weighted by atomic mass is 16.7. The van der Waals surface area contributed by atoms with Gasteiger partial charge in [-0.1, -0.05) is 0 Å². The van der Waals surface area contributed by atoms with Crippen LogP contribution >= 0.6 is 0 Å². The van der Waals surface area contributed by atoms with Crippen molar-refractivity contribution < 1.29 is 23.7 Å². The van der Waals surface area contributed by atoms with Gasteiger partial charge >= 0.3 is 0 Å². The Morgan fingerprint density at radius 1 is 1.04 bits per heavy atom. The summed E-state index contributed by atoms with van der Waals surface area (Å²) < 4.78 is 21.9. The van der Waals surface area contributed by atoms with Gasteiger partial charge in [0, 0.05) is 32.7 Å². The molecule has 6 nitrogen and oxygen atoms in total. The second kappa shape index (κ2) is 9.63. The van der Waals surface area contributed by atoms with Gasteiger partial charge in [-0.3, -0.25) is 4.79 Å². The van der Waals surface area contributed by atoms with E-state index in [1.165, 1.54) is 0 Å². The molecule has 0 atom stereocenters. The van der Waals surface area contributed by atoms with Crippen molar-refractivity contribution in [1.82, 2.24) is 4.90 Å². The summed E-state index contributed by atoms with van der Waals surface area (Å²) in [4.78, 5) is 14.5. The van der Waals surface area contributed by atoms with Crippen molar-refractivity contribution >= 4 is 5.91 Å². The lowest BCUT2D eigenvalue weighted by Gasteiger charge is -2.24. The van der Waals surface area contributed by atoms with Gasteiger partial charge in [-0.05, 0) is 43.5 Å². The van der Waals surface area contributed by atoms with E-state index in [0.717, 1.165) is 17.5 Å². The summed E-state index contributed by atoms with van der Waals surface area (Å²) in [7, 11) is 3.23. The third-order valence-corrected chi connectivity index (χ3v) is 4.39. The number of carbonyl (C=O) groups is 1. The Morgan fingerprint density at radius 2 is 1.64 bits per heavy atom. The van der Waals surface area contributed by atoms with Gasteiger partial charge in [-0.25, -0.2) is 0 Å². The SMILES string of the molecule is CCOC(CCN1CCc2cc(OC)c(OC)cc2CC1=O)OCC. The fraction of sp³-hybridized carbons (Fsp3) is 0.632. The van der Waals surface area contributed by atoms with Gasteiger partial charge in [0.2, 0.25) is 5.91 Å². The molecule has 0 radical (unpaired) electrons. The molecule has 0 spiro atoms. The average molecular weight is 351 g/mol. The van der Waals surface area contributed by atoms with E-state index in [9.17, 15) is 4.79 Å². The minimum absolute atomic E-state index is 0.123. The van der Waals surface area contributed by atoms with Crippen LogP contribution in [0, 0.1) is 0 Å². The first-order valence-electron chi connectivity index (χ1n) is 8.87. The topological polar surface area (TPSA) is 57.2 Å². The van der Waals surface area contributed by atoms with Crippen LogP contribution in [-0.2, 0) is 27.1 Å². The van der Waals surface area contributed by atoms with Gasteiger partial charge in [-0.15, -0.1) is 0 Å². The molecule has 25 heavy (non-hydrogen) atoms. The van der Waals surface area contributed by atoms with Crippen molar-refractivity contribution in [3.8, 4) is 11.5 Å². The summed E-state index contributed by atoms with van der Waals surface area (Å²) >= 11 is 0. The zero-order chi connectivity index (χ0) is 18.2. The van der Waals surface area contributed by atoms with Gasteiger partial charge in [0.1, 0.15) is 0 Å². The van der Waals surface area contributed by atoms with Crippen LogP contribution in [0.3, 0.4) is 0 Å². The van der Waals surface area contributed by atoms with Crippen molar-refractivity contribution in [2.24, 2.45) is 0 Å². The number of ether oxygens (including phenoxy) is 4. The van der Waals surface area contributed by atoms with Crippen molar-refractivity contribution in [2.45, 2.75) is 39.4 Å². The lowest BCUT2D eigenvalue weighted by Crippen LogP contribution is -2.35. The van der Waals surface area contributed by atoms with Crippen LogP contribution in [0.15, 0.2) is 12.1 Å². The number of carbonyl (C=O) groups excluding carboxylic acids is 1. The van der Waals surface area contributed by atoms with Crippen LogP contribution in [0.2, 0.25) is 0 Å². The number of hydrogen-bond acceptors (Lipinski definition) is 5. The number of methoxy groups -OCH3 is 2. The van der Waals surface area contributed by atoms with Crippen molar-refractivity contribution in [3.05, 3.63) is 23.3 Å². The van der Waals surface area contributed by atoms with Gasteiger partial charge in [0.25, 0.3) is 0 Å². The molecule has 2 rings (SSSR count). The highest BCUT2D eigenvalue weighted by Crippen LogP contribution is 2.32. The number of amides is 1. The summed E-state index contributed by atoms with van der Waals surface area (Å²) in [6.45, 7) is 6.41. The molecule has 0 aromatic heterocycles. The molecule has 140 valence electrons. The van der Waals surface area contributed by atoms with Crippen LogP contribution in [0.1, 0.15) is 31.4 Å². The summed E-state index contributed by atoms with van der Waals surface area (Å²) in [5.41, 5.74) is 2.15. The first kappa shape index (κ1) is 19.5. The highest BCUT2D eigenvalue weighted by Gasteiger charge is 2.23. The molecular weight excluding hydrogens is 322 g/mol. The quantitative estimate of drug-likeness (QED) is 0.640. The third kappa shape index (κ3) is 5.09. The maximum Gasteiger partial charge on any atom is 0.227 e. The molecule has 1 aliphatic rings. The molecule has 0 aliphatic carbocycles. The predicted molar refractivity (Wildman–Crippen MR) is 95.2 cm³/mol. The second-order valence-electron chi connectivity index (χ2n) is 5.91. The van der Waals surface area contributed by atoms with Gasteiger partial charge < -0.3 is 23.8 Å². The van der Waals surface area contributed by atoms with Crippen LogP contribution in [0.5, 0.6) is 11.5 Å². The third-order valence-electron chi connectivity index (χ3n) is 4.39. The maximum absolute atomic E-state index is 12.6. The van der Waals surface area contributed by atoms with E-state index < -0.39 is 0 Å². The molecule has 0 saturated heterocycles. The minimum Gasteiger partial charge on any atom is -0.493 e. The Balaban J connectivity index is 2.05. The van der Waals surface area contributed by atoms with E-state index >= 15 is 0 Å². The molecule has 0 unspecified atom stereocenters. The normalized spacial score (nSPS) is 14.4. The minimum atomic E-state index is -0.256. The Labute approximate surface area is 150 Å². The summed E-state index contributed by atoms with van der Waals surface area (Å²) in [5.74, 6) is 1.49. The largest absolute Gasteiger partial charge is 0.493 e. The van der Waals surface area contributed by atoms with Gasteiger partial charge in [0.05, 0.1) is 20.6 Å². The Hall–Kier alpha value is -1.79. The number of rotatable bonds is 9. The summed E-state index contributed by atoms with van der Waals surface area (Å²) in [6.07, 6.45) is 1.60. The monoisotopic (exact) mass is 351 g/mol. The number of nitrogens with zero attached hydrogens (tertiary/aromatic N) is 1. The van der Waals surface area contributed by atoms with E-state index in [0.29, 0.717) is 50.6 Å². The molecule has 0 bridgehead atoms. The van der Waals surface area contributed by atoms with Gasteiger partial charge in [0.15, 0.2) is 17.8 Å². The van der Waals surface area contributed by atoms with E-state index in [1.807, 2.05) is 30.9 Å². The lowest BCUT2D eigenvalue weighted by molar-refractivity contribution is -0.146. The Bertz CT molecular complexity index is 569. The fourth-order valence-electron chi connectivity index (χ4n) is 3.10. The molecule has 0 N–H and O–H groups in total. The van der Waals surface area contributed by atoms with E-state index in [1.54, 1.807) is 14.2 Å². The molecule has 1 heterocycles. The highest BCUT2D eigenvalue weighted by molar-refractivity contribution is 5.80. The molecule has 1 aromatic rings. The van der Waals surface area contributed by atoms with Crippen molar-refractivity contribution in [2.75, 3.05) is 40.5 Å². The maximum atomic E-state index is 12.6. The first-order valence-corrected chi connectivity index (χ1v) is 8.87. The lowest BCUT2D eigenvalue weighted by atomic mass is 10.0. The molecule has 6 heteroatoms. The zero-order valence-electron chi connectivity index (χ0n) is 15.7. The molecule has 1 aromatic carbocycles. The predicted octanol–water partition coefficient (Wildman–Crippen LogP) is 2.42. The summed E-state index contributed by atoms with van der Waals surface area (Å²) in [6, 6.07) is 3.90. The molecule has 0 saturated carbocycles. The molecule has 1 aliphatic heterocycles. The molecule has 0 fully saturated rings. The Kier molecular flexibility index (Phi) is 7.52. The van der Waals surface area contributed by atoms with Crippen LogP contribution in [-0.4, -0.2) is 57.6 Å². The molecular formula is C19H29NO5. The Morgan fingerprint density at radius 3 is 2.20 bits per heavy atom. The van der Waals surface area contributed by atoms with Gasteiger partial charge in [-0.2, -0.15) is 0 Å². The van der Waals surface area contributed by atoms with E-state index in [2.05, 4.69) is 0 Å². The van der Waals surface area contributed by atoms with Crippen molar-refractivity contribution in [3.63, 3.8) is 0 Å². The average Bonchev–Trinajstić information content (AvgIpc) is 2.76. The number of hydrogen-bond donors (Lipinski definition) is 0. The number of fused-ring (bicyclic) bond motifs is 1. The van der Waals surface area contributed by atoms with E-state index in [-0.39, 0.29) is 12.2 Å².